The Bertz CT molecular complexity index is 770. The summed E-state index contributed by atoms with van der Waals surface area (Å²) in [6.45, 7) is 2.80. The number of aliphatic hydroxyl groups is 1. The van der Waals surface area contributed by atoms with Crippen molar-refractivity contribution in [3.63, 3.8) is 0 Å². The Kier molecular flexibility index (Phi) is 4.54. The fourth-order valence-electron chi connectivity index (χ4n) is 4.59. The minimum absolute atomic E-state index is 0.164. The molecule has 138 valence electrons. The van der Waals surface area contributed by atoms with Crippen molar-refractivity contribution in [1.29, 1.82) is 0 Å². The second-order valence-corrected chi connectivity index (χ2v) is 7.29. The molecular weight excluding hydrogens is 330 g/mol. The van der Waals surface area contributed by atoms with Gasteiger partial charge in [-0.05, 0) is 24.3 Å². The first kappa shape index (κ1) is 17.2. The number of hydrogen-bond donors (Lipinski definition) is 1. The number of likely N-dealkylation sites (tertiary alicyclic amines) is 1. The average molecular weight is 355 g/mol. The van der Waals surface area contributed by atoms with Crippen LogP contribution in [0.2, 0.25) is 0 Å². The van der Waals surface area contributed by atoms with E-state index in [1.54, 1.807) is 13.3 Å². The van der Waals surface area contributed by atoms with Crippen molar-refractivity contribution >= 4 is 0 Å². The highest BCUT2D eigenvalue weighted by molar-refractivity contribution is 5.34. The molecule has 2 heterocycles. The van der Waals surface area contributed by atoms with E-state index in [2.05, 4.69) is 39.1 Å². The maximum atomic E-state index is 11.6. The fourth-order valence-corrected chi connectivity index (χ4v) is 4.59. The predicted molar refractivity (Wildman–Crippen MR) is 97.0 cm³/mol. The van der Waals surface area contributed by atoms with Crippen LogP contribution in [0.4, 0.5) is 0 Å². The van der Waals surface area contributed by atoms with Gasteiger partial charge in [-0.15, -0.1) is 0 Å². The minimum Gasteiger partial charge on any atom is -0.481 e. The molecule has 4 rings (SSSR count). The van der Waals surface area contributed by atoms with E-state index in [-0.39, 0.29) is 11.9 Å². The summed E-state index contributed by atoms with van der Waals surface area (Å²) in [6.07, 6.45) is 3.38. The zero-order chi connectivity index (χ0) is 18.1. The summed E-state index contributed by atoms with van der Waals surface area (Å²) < 4.78 is 10.5. The van der Waals surface area contributed by atoms with Crippen molar-refractivity contribution < 1.29 is 14.6 Å². The van der Waals surface area contributed by atoms with Gasteiger partial charge in [-0.3, -0.25) is 4.90 Å². The van der Waals surface area contributed by atoms with Crippen LogP contribution in [-0.4, -0.2) is 47.3 Å². The van der Waals surface area contributed by atoms with Crippen molar-refractivity contribution in [3.8, 4) is 11.9 Å². The first-order chi connectivity index (χ1) is 12.6. The number of methoxy groups -OCH3 is 2. The van der Waals surface area contributed by atoms with E-state index in [9.17, 15) is 5.11 Å². The van der Waals surface area contributed by atoms with Gasteiger partial charge >= 0.3 is 6.01 Å². The van der Waals surface area contributed by atoms with Crippen LogP contribution in [0.1, 0.15) is 24.0 Å². The van der Waals surface area contributed by atoms with E-state index in [1.165, 1.54) is 12.7 Å². The molecular formula is C20H25N3O3. The molecule has 1 aromatic heterocycles. The van der Waals surface area contributed by atoms with E-state index in [1.807, 2.05) is 6.07 Å². The molecule has 0 bridgehead atoms. The Morgan fingerprint density at radius 3 is 2.73 bits per heavy atom. The molecule has 6 nitrogen and oxygen atoms in total. The van der Waals surface area contributed by atoms with E-state index in [4.69, 9.17) is 9.47 Å². The molecule has 0 spiro atoms. The topological polar surface area (TPSA) is 67.7 Å². The van der Waals surface area contributed by atoms with Gasteiger partial charge in [0.15, 0.2) is 0 Å². The van der Waals surface area contributed by atoms with Gasteiger partial charge in [-0.1, -0.05) is 30.3 Å². The summed E-state index contributed by atoms with van der Waals surface area (Å²) in [5.41, 5.74) is 1.03. The van der Waals surface area contributed by atoms with Crippen LogP contribution < -0.4 is 9.47 Å². The van der Waals surface area contributed by atoms with Gasteiger partial charge in [0, 0.05) is 31.7 Å². The second-order valence-electron chi connectivity index (χ2n) is 7.29. The van der Waals surface area contributed by atoms with Gasteiger partial charge in [0.1, 0.15) is 5.60 Å². The maximum Gasteiger partial charge on any atom is 0.319 e. The number of hydrogen-bond acceptors (Lipinski definition) is 6. The van der Waals surface area contributed by atoms with E-state index in [0.717, 1.165) is 26.1 Å². The Morgan fingerprint density at radius 1 is 1.19 bits per heavy atom. The summed E-state index contributed by atoms with van der Waals surface area (Å²) >= 11 is 0. The lowest BCUT2D eigenvalue weighted by Crippen LogP contribution is -2.35. The SMILES string of the molecule is COc1ncc([C@]2(O)CC[C@H]3CN(Cc4ccccc4)C[C@H]32)c(OC)n1. The number of ether oxygens (including phenoxy) is 2. The van der Waals surface area contributed by atoms with Gasteiger partial charge < -0.3 is 14.6 Å². The first-order valence-corrected chi connectivity index (χ1v) is 9.08. The highest BCUT2D eigenvalue weighted by Gasteiger charge is 2.53. The standard InChI is InChI=1S/C20H25N3O3/c1-25-18-16(10-21-19(22-18)26-2)20(24)9-8-15-12-23(13-17(15)20)11-14-6-4-3-5-7-14/h3-7,10,15,17,24H,8-9,11-13H2,1-2H3/t15-,17+,20+/m0/s1. The van der Waals surface area contributed by atoms with E-state index < -0.39 is 5.60 Å². The van der Waals surface area contributed by atoms with Crippen molar-refractivity contribution in [2.75, 3.05) is 27.3 Å². The van der Waals surface area contributed by atoms with Crippen LogP contribution in [0.25, 0.3) is 0 Å². The molecule has 1 saturated heterocycles. The summed E-state index contributed by atoms with van der Waals surface area (Å²) in [7, 11) is 3.09. The van der Waals surface area contributed by atoms with Crippen molar-refractivity contribution in [2.45, 2.75) is 25.0 Å². The van der Waals surface area contributed by atoms with Gasteiger partial charge in [0.05, 0.1) is 19.8 Å². The van der Waals surface area contributed by atoms with Crippen LogP contribution in [0.5, 0.6) is 11.9 Å². The molecule has 6 heteroatoms. The summed E-state index contributed by atoms with van der Waals surface area (Å²) in [5.74, 6) is 1.05. The molecule has 1 aliphatic heterocycles. The Morgan fingerprint density at radius 2 is 2.00 bits per heavy atom. The molecule has 0 amide bonds. The quantitative estimate of drug-likeness (QED) is 0.887. The second kappa shape index (κ2) is 6.85. The van der Waals surface area contributed by atoms with Crippen LogP contribution in [-0.2, 0) is 12.1 Å². The lowest BCUT2D eigenvalue weighted by molar-refractivity contribution is -0.00972. The number of rotatable bonds is 5. The highest BCUT2D eigenvalue weighted by atomic mass is 16.5. The monoisotopic (exact) mass is 355 g/mol. The van der Waals surface area contributed by atoms with Gasteiger partial charge in [-0.2, -0.15) is 4.98 Å². The fraction of sp³-hybridized carbons (Fsp3) is 0.500. The van der Waals surface area contributed by atoms with Crippen molar-refractivity contribution in [3.05, 3.63) is 47.7 Å². The van der Waals surface area contributed by atoms with Crippen LogP contribution in [0.3, 0.4) is 0 Å². The third-order valence-corrected chi connectivity index (χ3v) is 5.85. The van der Waals surface area contributed by atoms with Gasteiger partial charge in [0.2, 0.25) is 5.88 Å². The average Bonchev–Trinajstić information content (AvgIpc) is 3.22. The van der Waals surface area contributed by atoms with Gasteiger partial charge in [0.25, 0.3) is 0 Å². The van der Waals surface area contributed by atoms with Gasteiger partial charge in [-0.25, -0.2) is 4.98 Å². The third-order valence-electron chi connectivity index (χ3n) is 5.85. The molecule has 0 radical (unpaired) electrons. The van der Waals surface area contributed by atoms with E-state index >= 15 is 0 Å². The molecule has 1 aromatic carbocycles. The minimum atomic E-state index is -0.951. The summed E-state index contributed by atoms with van der Waals surface area (Å²) in [4.78, 5) is 10.9. The van der Waals surface area contributed by atoms with Crippen LogP contribution >= 0.6 is 0 Å². The van der Waals surface area contributed by atoms with Crippen LogP contribution in [0, 0.1) is 11.8 Å². The summed E-state index contributed by atoms with van der Waals surface area (Å²) in [5, 5.41) is 11.6. The first-order valence-electron chi connectivity index (χ1n) is 9.08. The number of benzene rings is 1. The lowest BCUT2D eigenvalue weighted by atomic mass is 9.83. The molecule has 2 fully saturated rings. The van der Waals surface area contributed by atoms with E-state index in [0.29, 0.717) is 23.8 Å². The zero-order valence-electron chi connectivity index (χ0n) is 15.3. The number of aromatic nitrogens is 2. The Hall–Kier alpha value is -2.18. The Labute approximate surface area is 153 Å². The lowest BCUT2D eigenvalue weighted by Gasteiger charge is -2.31. The van der Waals surface area contributed by atoms with Crippen molar-refractivity contribution in [2.24, 2.45) is 11.8 Å². The molecule has 0 unspecified atom stereocenters. The zero-order valence-corrected chi connectivity index (χ0v) is 15.3. The normalized spacial score (nSPS) is 28.1. The molecule has 1 N–H and O–H groups in total. The number of nitrogens with zero attached hydrogens (tertiary/aromatic N) is 3. The Balaban J connectivity index is 1.57. The predicted octanol–water partition coefficient (Wildman–Crippen LogP) is 2.22. The highest BCUT2D eigenvalue weighted by Crippen LogP contribution is 2.52. The molecule has 2 aromatic rings. The molecule has 1 aliphatic carbocycles. The summed E-state index contributed by atoms with van der Waals surface area (Å²) in [6, 6.07) is 10.7. The molecule has 26 heavy (non-hydrogen) atoms. The van der Waals surface area contributed by atoms with Crippen molar-refractivity contribution in [1.82, 2.24) is 14.9 Å². The largest absolute Gasteiger partial charge is 0.481 e. The molecule has 2 aliphatic rings. The smallest absolute Gasteiger partial charge is 0.319 e. The number of fused-ring (bicyclic) bond motifs is 1. The maximum absolute atomic E-state index is 11.6. The molecule has 1 saturated carbocycles. The molecule has 3 atom stereocenters. The van der Waals surface area contributed by atoms with Crippen LogP contribution in [0.15, 0.2) is 36.5 Å². The third kappa shape index (κ3) is 2.93.